The van der Waals surface area contributed by atoms with Gasteiger partial charge in [0.15, 0.2) is 0 Å². The molecule has 1 heteroatoms. The molecule has 0 saturated heterocycles. The maximum Gasteiger partial charge on any atom is 0.0709 e. The lowest BCUT2D eigenvalue weighted by atomic mass is 9.84. The van der Waals surface area contributed by atoms with Gasteiger partial charge in [0, 0.05) is 11.1 Å². The van der Waals surface area contributed by atoms with Crippen molar-refractivity contribution in [1.29, 1.82) is 0 Å². The first-order valence-corrected chi connectivity index (χ1v) is 16.5. The molecule has 0 unspecified atom stereocenters. The summed E-state index contributed by atoms with van der Waals surface area (Å²) in [6.45, 7) is 0. The molecule has 48 heavy (non-hydrogen) atoms. The number of hydrogen-bond acceptors (Lipinski definition) is 1. The molecule has 0 aliphatic heterocycles. The van der Waals surface area contributed by atoms with Crippen LogP contribution in [0.1, 0.15) is 0 Å². The SMILES string of the molecule is c1ccc(-c2cccc(-c3cccc(-c4c5ccccc5c(-c5cccc6c(-c7ccccc7)cccc56)c5ccccc45)c3)n2)cc1. The van der Waals surface area contributed by atoms with Gasteiger partial charge in [-0.1, -0.05) is 170 Å². The third-order valence-electron chi connectivity index (χ3n) is 9.47. The summed E-state index contributed by atoms with van der Waals surface area (Å²) in [6, 6.07) is 67.5. The molecule has 0 fully saturated rings. The van der Waals surface area contributed by atoms with Crippen molar-refractivity contribution >= 4 is 32.3 Å². The summed E-state index contributed by atoms with van der Waals surface area (Å²) in [5.74, 6) is 0. The molecular formula is C47H31N. The van der Waals surface area contributed by atoms with Gasteiger partial charge in [-0.15, -0.1) is 0 Å². The van der Waals surface area contributed by atoms with E-state index < -0.39 is 0 Å². The van der Waals surface area contributed by atoms with E-state index in [1.54, 1.807) is 0 Å². The summed E-state index contributed by atoms with van der Waals surface area (Å²) in [5, 5.41) is 7.50. The Balaban J connectivity index is 1.27. The fraction of sp³-hybridized carbons (Fsp3) is 0. The molecule has 0 amide bonds. The third kappa shape index (κ3) is 4.76. The van der Waals surface area contributed by atoms with E-state index in [9.17, 15) is 0 Å². The molecule has 0 aliphatic rings. The van der Waals surface area contributed by atoms with Crippen molar-refractivity contribution in [3.05, 3.63) is 188 Å². The number of rotatable bonds is 5. The largest absolute Gasteiger partial charge is 0.248 e. The van der Waals surface area contributed by atoms with Gasteiger partial charge in [-0.3, -0.25) is 0 Å². The van der Waals surface area contributed by atoms with Gasteiger partial charge in [0.2, 0.25) is 0 Å². The van der Waals surface area contributed by atoms with E-state index in [4.69, 9.17) is 4.98 Å². The normalized spacial score (nSPS) is 11.3. The fourth-order valence-corrected chi connectivity index (χ4v) is 7.33. The van der Waals surface area contributed by atoms with Gasteiger partial charge in [0.1, 0.15) is 0 Å². The van der Waals surface area contributed by atoms with Crippen molar-refractivity contribution in [1.82, 2.24) is 4.98 Å². The van der Waals surface area contributed by atoms with E-state index >= 15 is 0 Å². The highest BCUT2D eigenvalue weighted by molar-refractivity contribution is 6.24. The average molecular weight is 610 g/mol. The maximum atomic E-state index is 5.08. The molecule has 0 bridgehead atoms. The lowest BCUT2D eigenvalue weighted by molar-refractivity contribution is 1.32. The van der Waals surface area contributed by atoms with Crippen LogP contribution in [0.3, 0.4) is 0 Å². The van der Waals surface area contributed by atoms with Crippen LogP contribution in [0, 0.1) is 0 Å². The van der Waals surface area contributed by atoms with E-state index in [-0.39, 0.29) is 0 Å². The highest BCUT2D eigenvalue weighted by Gasteiger charge is 2.19. The molecule has 224 valence electrons. The van der Waals surface area contributed by atoms with Crippen LogP contribution >= 0.6 is 0 Å². The molecule has 1 heterocycles. The van der Waals surface area contributed by atoms with Crippen LogP contribution < -0.4 is 0 Å². The second-order valence-corrected chi connectivity index (χ2v) is 12.3. The zero-order valence-corrected chi connectivity index (χ0v) is 26.3. The van der Waals surface area contributed by atoms with Crippen LogP contribution in [-0.4, -0.2) is 4.98 Å². The Kier molecular flexibility index (Phi) is 6.87. The predicted octanol–water partition coefficient (Wildman–Crippen LogP) is 12.9. The first kappa shape index (κ1) is 28.0. The first-order chi connectivity index (χ1) is 23.8. The van der Waals surface area contributed by atoms with Gasteiger partial charge >= 0.3 is 0 Å². The van der Waals surface area contributed by atoms with E-state index in [2.05, 4.69) is 182 Å². The Morgan fingerprint density at radius 2 is 0.667 bits per heavy atom. The molecule has 0 radical (unpaired) electrons. The van der Waals surface area contributed by atoms with Gasteiger partial charge < -0.3 is 0 Å². The lowest BCUT2D eigenvalue weighted by Crippen LogP contribution is -1.93. The third-order valence-corrected chi connectivity index (χ3v) is 9.47. The molecule has 1 aromatic heterocycles. The zero-order valence-electron chi connectivity index (χ0n) is 26.3. The predicted molar refractivity (Wildman–Crippen MR) is 204 cm³/mol. The highest BCUT2D eigenvalue weighted by Crippen LogP contribution is 2.46. The number of hydrogen-bond donors (Lipinski definition) is 0. The van der Waals surface area contributed by atoms with Gasteiger partial charge in [0.25, 0.3) is 0 Å². The van der Waals surface area contributed by atoms with Gasteiger partial charge in [-0.05, 0) is 83.9 Å². The molecule has 8 aromatic carbocycles. The Hall–Kier alpha value is -6.31. The van der Waals surface area contributed by atoms with Crippen molar-refractivity contribution in [2.24, 2.45) is 0 Å². The molecular weight excluding hydrogens is 579 g/mol. The maximum absolute atomic E-state index is 5.08. The van der Waals surface area contributed by atoms with Crippen LogP contribution in [0.5, 0.6) is 0 Å². The Labute approximate surface area is 280 Å². The molecule has 0 aliphatic carbocycles. The molecule has 0 saturated carbocycles. The lowest BCUT2D eigenvalue weighted by Gasteiger charge is -2.19. The fourth-order valence-electron chi connectivity index (χ4n) is 7.33. The number of pyridine rings is 1. The summed E-state index contributed by atoms with van der Waals surface area (Å²) < 4.78 is 0. The summed E-state index contributed by atoms with van der Waals surface area (Å²) in [4.78, 5) is 5.08. The van der Waals surface area contributed by atoms with E-state index in [0.29, 0.717) is 0 Å². The van der Waals surface area contributed by atoms with Crippen molar-refractivity contribution < 1.29 is 0 Å². The number of benzene rings is 8. The van der Waals surface area contributed by atoms with E-state index in [1.807, 2.05) is 6.07 Å². The highest BCUT2D eigenvalue weighted by atomic mass is 14.7. The molecule has 0 N–H and O–H groups in total. The number of fused-ring (bicyclic) bond motifs is 3. The molecule has 9 rings (SSSR count). The monoisotopic (exact) mass is 609 g/mol. The summed E-state index contributed by atoms with van der Waals surface area (Å²) in [5.41, 5.74) is 11.6. The topological polar surface area (TPSA) is 12.9 Å². The summed E-state index contributed by atoms with van der Waals surface area (Å²) in [7, 11) is 0. The molecule has 0 spiro atoms. The van der Waals surface area contributed by atoms with Crippen molar-refractivity contribution in [3.63, 3.8) is 0 Å². The molecule has 1 nitrogen and oxygen atoms in total. The summed E-state index contributed by atoms with van der Waals surface area (Å²) >= 11 is 0. The van der Waals surface area contributed by atoms with Crippen molar-refractivity contribution in [2.45, 2.75) is 0 Å². The minimum absolute atomic E-state index is 0.966. The zero-order chi connectivity index (χ0) is 31.9. The molecule has 9 aromatic rings. The van der Waals surface area contributed by atoms with Gasteiger partial charge in [-0.2, -0.15) is 0 Å². The van der Waals surface area contributed by atoms with E-state index in [0.717, 1.165) is 22.5 Å². The quantitative estimate of drug-likeness (QED) is 0.177. The first-order valence-electron chi connectivity index (χ1n) is 16.5. The Morgan fingerprint density at radius 3 is 1.31 bits per heavy atom. The minimum atomic E-state index is 0.966. The Bertz CT molecular complexity index is 2540. The number of nitrogens with zero attached hydrogens (tertiary/aromatic N) is 1. The van der Waals surface area contributed by atoms with Gasteiger partial charge in [0.05, 0.1) is 11.4 Å². The van der Waals surface area contributed by atoms with Crippen molar-refractivity contribution in [2.75, 3.05) is 0 Å². The van der Waals surface area contributed by atoms with Crippen LogP contribution in [-0.2, 0) is 0 Å². The Morgan fingerprint density at radius 1 is 0.250 bits per heavy atom. The second-order valence-electron chi connectivity index (χ2n) is 12.3. The van der Waals surface area contributed by atoms with E-state index in [1.165, 1.54) is 65.7 Å². The smallest absolute Gasteiger partial charge is 0.0709 e. The van der Waals surface area contributed by atoms with Crippen LogP contribution in [0.25, 0.3) is 88.2 Å². The molecule has 0 atom stereocenters. The second kappa shape index (κ2) is 11.8. The summed E-state index contributed by atoms with van der Waals surface area (Å²) in [6.07, 6.45) is 0. The van der Waals surface area contributed by atoms with Crippen LogP contribution in [0.15, 0.2) is 188 Å². The standard InChI is InChI=1S/C47H31N/c1-3-15-32(16-4-1)36-25-12-27-38-37(36)26-13-28-39(38)47-42-23-9-7-21-40(42)46(41-22-8-10-24-43(41)47)35-20-11-19-34(31-35)45-30-14-29-44(48-45)33-17-5-2-6-18-33/h1-31H. The minimum Gasteiger partial charge on any atom is -0.248 e. The number of aromatic nitrogens is 1. The van der Waals surface area contributed by atoms with Crippen molar-refractivity contribution in [3.8, 4) is 55.9 Å². The van der Waals surface area contributed by atoms with Crippen LogP contribution in [0.4, 0.5) is 0 Å². The average Bonchev–Trinajstić information content (AvgIpc) is 3.17. The van der Waals surface area contributed by atoms with Gasteiger partial charge in [-0.25, -0.2) is 4.98 Å². The van der Waals surface area contributed by atoms with Crippen LogP contribution in [0.2, 0.25) is 0 Å².